The summed E-state index contributed by atoms with van der Waals surface area (Å²) in [6, 6.07) is 7.02. The number of likely N-dealkylation sites (tertiary alicyclic amines) is 1. The number of aromatic amines is 1. The number of piperidine rings is 1. The minimum atomic E-state index is -0.194. The second kappa shape index (κ2) is 8.02. The maximum Gasteiger partial charge on any atom is 0.251 e. The third-order valence-electron chi connectivity index (χ3n) is 5.06. The lowest BCUT2D eigenvalue weighted by molar-refractivity contribution is -0.131. The van der Waals surface area contributed by atoms with Gasteiger partial charge in [0.1, 0.15) is 5.82 Å². The van der Waals surface area contributed by atoms with Gasteiger partial charge in [-0.05, 0) is 30.5 Å². The predicted molar refractivity (Wildman–Crippen MR) is 100 cm³/mol. The molecule has 1 aromatic carbocycles. The van der Waals surface area contributed by atoms with E-state index in [2.05, 4.69) is 9.97 Å². The Hall–Kier alpha value is -2.87. The normalized spacial score (nSPS) is 18.3. The Balaban J connectivity index is 1.45. The number of carbonyl (C=O) groups is 1. The number of aromatic nitrogens is 2. The van der Waals surface area contributed by atoms with Crippen molar-refractivity contribution in [2.75, 3.05) is 27.0 Å². The third-order valence-corrected chi connectivity index (χ3v) is 5.06. The van der Waals surface area contributed by atoms with E-state index in [-0.39, 0.29) is 30.8 Å². The van der Waals surface area contributed by atoms with E-state index < -0.39 is 0 Å². The van der Waals surface area contributed by atoms with Gasteiger partial charge >= 0.3 is 0 Å². The zero-order chi connectivity index (χ0) is 19.5. The van der Waals surface area contributed by atoms with Gasteiger partial charge in [-0.25, -0.2) is 4.98 Å². The first-order valence-corrected chi connectivity index (χ1v) is 9.38. The van der Waals surface area contributed by atoms with Gasteiger partial charge in [-0.15, -0.1) is 0 Å². The molecule has 4 rings (SSSR count). The van der Waals surface area contributed by atoms with Crippen molar-refractivity contribution in [3.8, 4) is 11.5 Å². The molecule has 0 bridgehead atoms. The van der Waals surface area contributed by atoms with Crippen molar-refractivity contribution in [3.63, 3.8) is 0 Å². The van der Waals surface area contributed by atoms with E-state index in [0.29, 0.717) is 42.5 Å². The predicted octanol–water partition coefficient (Wildman–Crippen LogP) is 1.59. The summed E-state index contributed by atoms with van der Waals surface area (Å²) in [4.78, 5) is 33.9. The fraction of sp³-hybridized carbons (Fsp3) is 0.450. The minimum Gasteiger partial charge on any atom is -0.454 e. The van der Waals surface area contributed by atoms with Gasteiger partial charge in [0.15, 0.2) is 11.5 Å². The van der Waals surface area contributed by atoms with Gasteiger partial charge in [-0.3, -0.25) is 9.59 Å². The number of nitrogens with one attached hydrogen (secondary N) is 1. The summed E-state index contributed by atoms with van der Waals surface area (Å²) >= 11 is 0. The number of ether oxygens (including phenoxy) is 3. The summed E-state index contributed by atoms with van der Waals surface area (Å²) < 4.78 is 15.8. The highest BCUT2D eigenvalue weighted by Crippen LogP contribution is 2.33. The number of methoxy groups -OCH3 is 1. The van der Waals surface area contributed by atoms with Gasteiger partial charge in [-0.1, -0.05) is 6.07 Å². The standard InChI is InChI=1S/C20H23N3O5/c1-26-11-15-9-18(24)22-20(21-15)14-3-2-6-23(10-14)19(25)8-13-4-5-16-17(7-13)28-12-27-16/h4-5,7,9,14H,2-3,6,8,10-12H2,1H3,(H,21,22,24). The van der Waals surface area contributed by atoms with Crippen LogP contribution in [0.25, 0.3) is 0 Å². The Bertz CT molecular complexity index is 926. The lowest BCUT2D eigenvalue weighted by Gasteiger charge is -2.32. The number of amides is 1. The fourth-order valence-corrected chi connectivity index (χ4v) is 3.71. The van der Waals surface area contributed by atoms with Gasteiger partial charge in [0.05, 0.1) is 18.7 Å². The average molecular weight is 385 g/mol. The zero-order valence-electron chi connectivity index (χ0n) is 15.8. The molecule has 148 valence electrons. The van der Waals surface area contributed by atoms with Gasteiger partial charge in [0, 0.05) is 32.2 Å². The second-order valence-corrected chi connectivity index (χ2v) is 7.10. The molecule has 1 amide bonds. The van der Waals surface area contributed by atoms with Crippen LogP contribution in [0.5, 0.6) is 11.5 Å². The number of hydrogen-bond donors (Lipinski definition) is 1. The third kappa shape index (κ3) is 4.01. The maximum atomic E-state index is 12.8. The minimum absolute atomic E-state index is 0.0129. The molecule has 1 N–H and O–H groups in total. The molecular formula is C20H23N3O5. The Morgan fingerprint density at radius 3 is 3.04 bits per heavy atom. The van der Waals surface area contributed by atoms with E-state index in [0.717, 1.165) is 18.4 Å². The first kappa shape index (κ1) is 18.5. The van der Waals surface area contributed by atoms with E-state index in [1.54, 1.807) is 7.11 Å². The number of carbonyl (C=O) groups excluding carboxylic acids is 1. The Kier molecular flexibility index (Phi) is 5.29. The molecule has 2 aliphatic heterocycles. The van der Waals surface area contributed by atoms with Crippen LogP contribution >= 0.6 is 0 Å². The summed E-state index contributed by atoms with van der Waals surface area (Å²) in [6.07, 6.45) is 2.06. The molecule has 8 heteroatoms. The fourth-order valence-electron chi connectivity index (χ4n) is 3.71. The van der Waals surface area contributed by atoms with Gasteiger partial charge < -0.3 is 24.1 Å². The number of hydrogen-bond acceptors (Lipinski definition) is 6. The maximum absolute atomic E-state index is 12.8. The molecule has 28 heavy (non-hydrogen) atoms. The van der Waals surface area contributed by atoms with E-state index in [4.69, 9.17) is 14.2 Å². The van der Waals surface area contributed by atoms with Crippen molar-refractivity contribution in [1.82, 2.24) is 14.9 Å². The van der Waals surface area contributed by atoms with Crippen LogP contribution in [0.3, 0.4) is 0 Å². The molecular weight excluding hydrogens is 362 g/mol. The van der Waals surface area contributed by atoms with Crippen LogP contribution in [0.4, 0.5) is 0 Å². The van der Waals surface area contributed by atoms with Crippen molar-refractivity contribution in [2.45, 2.75) is 31.8 Å². The van der Waals surface area contributed by atoms with Crippen molar-refractivity contribution in [1.29, 1.82) is 0 Å². The van der Waals surface area contributed by atoms with Gasteiger partial charge in [0.2, 0.25) is 12.7 Å². The monoisotopic (exact) mass is 385 g/mol. The SMILES string of the molecule is COCc1cc(=O)[nH]c(C2CCCN(C(=O)Cc3ccc4c(c3)OCO4)C2)n1. The number of nitrogens with zero attached hydrogens (tertiary/aromatic N) is 2. The van der Waals surface area contributed by atoms with Crippen LogP contribution in [0.2, 0.25) is 0 Å². The first-order valence-electron chi connectivity index (χ1n) is 9.38. The topological polar surface area (TPSA) is 93.8 Å². The molecule has 1 unspecified atom stereocenters. The molecule has 1 fully saturated rings. The Morgan fingerprint density at radius 1 is 1.32 bits per heavy atom. The number of H-pyrrole nitrogens is 1. The van der Waals surface area contributed by atoms with Crippen LogP contribution in [0, 0.1) is 0 Å². The van der Waals surface area contributed by atoms with E-state index >= 15 is 0 Å². The molecule has 1 atom stereocenters. The summed E-state index contributed by atoms with van der Waals surface area (Å²) in [7, 11) is 1.57. The Labute approximate surface area is 162 Å². The van der Waals surface area contributed by atoms with Crippen LogP contribution in [-0.4, -0.2) is 47.8 Å². The van der Waals surface area contributed by atoms with Crippen molar-refractivity contribution < 1.29 is 19.0 Å². The van der Waals surface area contributed by atoms with Crippen LogP contribution in [0.15, 0.2) is 29.1 Å². The summed E-state index contributed by atoms with van der Waals surface area (Å²) in [5.41, 5.74) is 1.30. The second-order valence-electron chi connectivity index (χ2n) is 7.10. The highest BCUT2D eigenvalue weighted by molar-refractivity contribution is 5.79. The van der Waals surface area contributed by atoms with Gasteiger partial charge in [0.25, 0.3) is 5.56 Å². The largest absolute Gasteiger partial charge is 0.454 e. The number of benzene rings is 1. The smallest absolute Gasteiger partial charge is 0.251 e. The highest BCUT2D eigenvalue weighted by atomic mass is 16.7. The van der Waals surface area contributed by atoms with Gasteiger partial charge in [-0.2, -0.15) is 0 Å². The Morgan fingerprint density at radius 2 is 2.18 bits per heavy atom. The quantitative estimate of drug-likeness (QED) is 0.840. The number of fused-ring (bicyclic) bond motifs is 1. The summed E-state index contributed by atoms with van der Waals surface area (Å²) in [5.74, 6) is 2.08. The van der Waals surface area contributed by atoms with Crippen LogP contribution in [-0.2, 0) is 22.6 Å². The molecule has 8 nitrogen and oxygen atoms in total. The molecule has 0 radical (unpaired) electrons. The first-order chi connectivity index (χ1) is 13.6. The van der Waals surface area contributed by atoms with Crippen LogP contribution in [0.1, 0.15) is 35.8 Å². The van der Waals surface area contributed by atoms with Crippen molar-refractivity contribution >= 4 is 5.91 Å². The van der Waals surface area contributed by atoms with E-state index in [1.807, 2.05) is 23.1 Å². The molecule has 1 aromatic heterocycles. The molecule has 0 spiro atoms. The lowest BCUT2D eigenvalue weighted by Crippen LogP contribution is -2.40. The molecule has 1 saturated heterocycles. The number of rotatable bonds is 5. The van der Waals surface area contributed by atoms with E-state index in [9.17, 15) is 9.59 Å². The molecule has 0 saturated carbocycles. The average Bonchev–Trinajstić information content (AvgIpc) is 3.16. The van der Waals surface area contributed by atoms with Crippen molar-refractivity contribution in [2.24, 2.45) is 0 Å². The highest BCUT2D eigenvalue weighted by Gasteiger charge is 2.27. The van der Waals surface area contributed by atoms with E-state index in [1.165, 1.54) is 6.07 Å². The summed E-state index contributed by atoms with van der Waals surface area (Å²) in [5, 5.41) is 0. The molecule has 0 aliphatic carbocycles. The molecule has 2 aliphatic rings. The lowest BCUT2D eigenvalue weighted by atomic mass is 9.96. The molecule has 2 aromatic rings. The zero-order valence-corrected chi connectivity index (χ0v) is 15.8. The molecule has 3 heterocycles. The summed E-state index contributed by atoms with van der Waals surface area (Å²) in [6.45, 7) is 1.76. The van der Waals surface area contributed by atoms with Crippen molar-refractivity contribution in [3.05, 3.63) is 51.7 Å². The van der Waals surface area contributed by atoms with Crippen LogP contribution < -0.4 is 15.0 Å².